The number of hydrogen-bond donors (Lipinski definition) is 1. The molecule has 1 N–H and O–H groups in total. The third kappa shape index (κ3) is 3.92. The highest BCUT2D eigenvalue weighted by Crippen LogP contribution is 2.37. The molecule has 2 aromatic rings. The van der Waals surface area contributed by atoms with Crippen LogP contribution in [0.15, 0.2) is 42.5 Å². The van der Waals surface area contributed by atoms with E-state index in [0.717, 1.165) is 5.56 Å². The Hall–Kier alpha value is -2.40. The molecule has 0 aliphatic carbocycles. The quantitative estimate of drug-likeness (QED) is 0.866. The number of methoxy groups -OCH3 is 2. The SMILES string of the molecule is COc1cc(OC)c(NC(C(=O)N(C)C)c2ccccc2)cc1Cl. The number of ether oxygens (including phenoxy) is 2. The van der Waals surface area contributed by atoms with Crippen LogP contribution in [0.4, 0.5) is 5.69 Å². The summed E-state index contributed by atoms with van der Waals surface area (Å²) < 4.78 is 10.6. The molecule has 0 saturated carbocycles. The van der Waals surface area contributed by atoms with E-state index in [1.165, 1.54) is 7.11 Å². The monoisotopic (exact) mass is 348 g/mol. The van der Waals surface area contributed by atoms with E-state index in [9.17, 15) is 4.79 Å². The van der Waals surface area contributed by atoms with Crippen molar-refractivity contribution in [2.75, 3.05) is 33.6 Å². The topological polar surface area (TPSA) is 50.8 Å². The summed E-state index contributed by atoms with van der Waals surface area (Å²) in [6, 6.07) is 12.3. The number of carbonyl (C=O) groups excluding carboxylic acids is 1. The second kappa shape index (κ2) is 7.93. The molecule has 128 valence electrons. The second-order valence-corrected chi connectivity index (χ2v) is 5.81. The number of rotatable bonds is 6. The van der Waals surface area contributed by atoms with Gasteiger partial charge in [0.15, 0.2) is 0 Å². The summed E-state index contributed by atoms with van der Waals surface area (Å²) in [6.45, 7) is 0. The summed E-state index contributed by atoms with van der Waals surface area (Å²) in [5.74, 6) is 0.980. The molecule has 0 radical (unpaired) electrons. The highest BCUT2D eigenvalue weighted by Gasteiger charge is 2.24. The minimum absolute atomic E-state index is 0.0739. The Morgan fingerprint density at radius 1 is 1.08 bits per heavy atom. The molecule has 24 heavy (non-hydrogen) atoms. The molecular formula is C18H21ClN2O3. The van der Waals surface area contributed by atoms with Crippen molar-refractivity contribution in [3.05, 3.63) is 53.1 Å². The maximum absolute atomic E-state index is 12.6. The van der Waals surface area contributed by atoms with E-state index in [1.807, 2.05) is 30.3 Å². The minimum Gasteiger partial charge on any atom is -0.495 e. The lowest BCUT2D eigenvalue weighted by Gasteiger charge is -2.24. The molecule has 0 fully saturated rings. The maximum Gasteiger partial charge on any atom is 0.249 e. The van der Waals surface area contributed by atoms with Crippen molar-refractivity contribution < 1.29 is 14.3 Å². The number of benzene rings is 2. The molecule has 2 rings (SSSR count). The van der Waals surface area contributed by atoms with E-state index in [2.05, 4.69) is 5.32 Å². The van der Waals surface area contributed by atoms with Gasteiger partial charge in [0.2, 0.25) is 5.91 Å². The molecule has 1 amide bonds. The van der Waals surface area contributed by atoms with Crippen molar-refractivity contribution in [3.63, 3.8) is 0 Å². The van der Waals surface area contributed by atoms with Crippen molar-refractivity contribution >= 4 is 23.2 Å². The van der Waals surface area contributed by atoms with Crippen molar-refractivity contribution in [2.45, 2.75) is 6.04 Å². The number of halogens is 1. The molecule has 0 spiro atoms. The molecule has 6 heteroatoms. The van der Waals surface area contributed by atoms with Crippen LogP contribution in [0.2, 0.25) is 5.02 Å². The highest BCUT2D eigenvalue weighted by atomic mass is 35.5. The summed E-state index contributed by atoms with van der Waals surface area (Å²) in [7, 11) is 6.53. The molecule has 1 atom stereocenters. The Labute approximate surface area is 147 Å². The average molecular weight is 349 g/mol. The van der Waals surface area contributed by atoms with Crippen LogP contribution in [0.1, 0.15) is 11.6 Å². The van der Waals surface area contributed by atoms with E-state index in [1.54, 1.807) is 38.2 Å². The van der Waals surface area contributed by atoms with Crippen LogP contribution in [0.25, 0.3) is 0 Å². The molecular weight excluding hydrogens is 328 g/mol. The van der Waals surface area contributed by atoms with E-state index in [0.29, 0.717) is 22.2 Å². The first-order valence-corrected chi connectivity index (χ1v) is 7.80. The van der Waals surface area contributed by atoms with E-state index >= 15 is 0 Å². The van der Waals surface area contributed by atoms with Gasteiger partial charge in [0.25, 0.3) is 0 Å². The third-order valence-corrected chi connectivity index (χ3v) is 3.89. The summed E-state index contributed by atoms with van der Waals surface area (Å²) >= 11 is 6.21. The number of nitrogens with one attached hydrogen (secondary N) is 1. The normalized spacial score (nSPS) is 11.5. The fourth-order valence-corrected chi connectivity index (χ4v) is 2.56. The zero-order chi connectivity index (χ0) is 17.7. The fourth-order valence-electron chi connectivity index (χ4n) is 2.32. The number of carbonyl (C=O) groups is 1. The van der Waals surface area contributed by atoms with Gasteiger partial charge in [0.05, 0.1) is 24.9 Å². The first kappa shape index (κ1) is 17.9. The molecule has 2 aromatic carbocycles. The van der Waals surface area contributed by atoms with Crippen LogP contribution in [-0.4, -0.2) is 39.1 Å². The van der Waals surface area contributed by atoms with Gasteiger partial charge in [0.1, 0.15) is 17.5 Å². The van der Waals surface area contributed by atoms with Crippen LogP contribution >= 0.6 is 11.6 Å². The number of nitrogens with zero attached hydrogens (tertiary/aromatic N) is 1. The molecule has 5 nitrogen and oxygen atoms in total. The van der Waals surface area contributed by atoms with Crippen molar-refractivity contribution in [1.82, 2.24) is 4.90 Å². The molecule has 0 aromatic heterocycles. The Bertz CT molecular complexity index is 705. The molecule has 0 aliphatic rings. The Balaban J connectivity index is 2.43. The van der Waals surface area contributed by atoms with Gasteiger partial charge in [-0.3, -0.25) is 4.79 Å². The van der Waals surface area contributed by atoms with Crippen LogP contribution in [-0.2, 0) is 4.79 Å². The van der Waals surface area contributed by atoms with E-state index < -0.39 is 6.04 Å². The fraction of sp³-hybridized carbons (Fsp3) is 0.278. The van der Waals surface area contributed by atoms with Crippen molar-refractivity contribution in [1.29, 1.82) is 0 Å². The number of likely N-dealkylation sites (N-methyl/N-ethyl adjacent to an activating group) is 1. The summed E-state index contributed by atoms with van der Waals surface area (Å²) in [5.41, 5.74) is 1.47. The van der Waals surface area contributed by atoms with Gasteiger partial charge in [-0.1, -0.05) is 41.9 Å². The first-order chi connectivity index (χ1) is 11.5. The smallest absolute Gasteiger partial charge is 0.249 e. The van der Waals surface area contributed by atoms with Gasteiger partial charge in [-0.25, -0.2) is 0 Å². The Morgan fingerprint density at radius 3 is 2.25 bits per heavy atom. The first-order valence-electron chi connectivity index (χ1n) is 7.42. The Morgan fingerprint density at radius 2 is 1.71 bits per heavy atom. The predicted molar refractivity (Wildman–Crippen MR) is 96.1 cm³/mol. The van der Waals surface area contributed by atoms with Gasteiger partial charge in [0, 0.05) is 20.2 Å². The maximum atomic E-state index is 12.6. The van der Waals surface area contributed by atoms with Gasteiger partial charge in [-0.2, -0.15) is 0 Å². The summed E-state index contributed by atoms with van der Waals surface area (Å²) in [6.07, 6.45) is 0. The number of hydrogen-bond acceptors (Lipinski definition) is 4. The van der Waals surface area contributed by atoms with Crippen LogP contribution in [0.5, 0.6) is 11.5 Å². The van der Waals surface area contributed by atoms with E-state index in [4.69, 9.17) is 21.1 Å². The molecule has 1 unspecified atom stereocenters. The lowest BCUT2D eigenvalue weighted by atomic mass is 10.1. The highest BCUT2D eigenvalue weighted by molar-refractivity contribution is 6.32. The molecule has 0 bridgehead atoms. The molecule has 0 aliphatic heterocycles. The standard InChI is InChI=1S/C18H21ClN2O3/c1-21(2)18(22)17(12-8-6-5-7-9-12)20-14-10-13(19)15(23-3)11-16(14)24-4/h5-11,17,20H,1-4H3. The Kier molecular flexibility index (Phi) is 5.93. The zero-order valence-corrected chi connectivity index (χ0v) is 14.9. The zero-order valence-electron chi connectivity index (χ0n) is 14.2. The second-order valence-electron chi connectivity index (χ2n) is 5.41. The van der Waals surface area contributed by atoms with Crippen molar-refractivity contribution in [3.8, 4) is 11.5 Å². The molecule has 0 saturated heterocycles. The van der Waals surface area contributed by atoms with Crippen LogP contribution < -0.4 is 14.8 Å². The lowest BCUT2D eigenvalue weighted by Crippen LogP contribution is -2.32. The summed E-state index contributed by atoms with van der Waals surface area (Å²) in [4.78, 5) is 14.2. The average Bonchev–Trinajstić information content (AvgIpc) is 2.59. The predicted octanol–water partition coefficient (Wildman–Crippen LogP) is 3.60. The largest absolute Gasteiger partial charge is 0.495 e. The van der Waals surface area contributed by atoms with Gasteiger partial charge in [-0.05, 0) is 11.6 Å². The number of amides is 1. The van der Waals surface area contributed by atoms with Gasteiger partial charge < -0.3 is 19.7 Å². The van der Waals surface area contributed by atoms with Gasteiger partial charge in [-0.15, -0.1) is 0 Å². The minimum atomic E-state index is -0.556. The number of anilines is 1. The summed E-state index contributed by atoms with van der Waals surface area (Å²) in [5, 5.41) is 3.67. The lowest BCUT2D eigenvalue weighted by molar-refractivity contribution is -0.129. The molecule has 0 heterocycles. The third-order valence-electron chi connectivity index (χ3n) is 3.59. The van der Waals surface area contributed by atoms with Gasteiger partial charge >= 0.3 is 0 Å². The van der Waals surface area contributed by atoms with Crippen LogP contribution in [0, 0.1) is 0 Å². The van der Waals surface area contributed by atoms with Crippen LogP contribution in [0.3, 0.4) is 0 Å². The van der Waals surface area contributed by atoms with Crippen molar-refractivity contribution in [2.24, 2.45) is 0 Å². The van der Waals surface area contributed by atoms with E-state index in [-0.39, 0.29) is 5.91 Å².